The van der Waals surface area contributed by atoms with Crippen molar-refractivity contribution in [1.82, 2.24) is 4.90 Å². The number of aliphatic hydroxyl groups excluding tert-OH is 1. The van der Waals surface area contributed by atoms with Crippen molar-refractivity contribution in [2.45, 2.75) is 12.6 Å². The summed E-state index contributed by atoms with van der Waals surface area (Å²) in [6.45, 7) is 0.331. The molecule has 4 rings (SSSR count). The molecule has 0 bridgehead atoms. The maximum absolute atomic E-state index is 13.1. The van der Waals surface area contributed by atoms with E-state index in [9.17, 15) is 9.90 Å². The highest BCUT2D eigenvalue weighted by molar-refractivity contribution is 6.30. The monoisotopic (exact) mass is 439 g/mol. The maximum atomic E-state index is 13.1. The zero-order valence-corrected chi connectivity index (χ0v) is 17.7. The molecular weight excluding hydrogens is 421 g/mol. The number of halogens is 2. The van der Waals surface area contributed by atoms with Crippen LogP contribution >= 0.6 is 23.2 Å². The van der Waals surface area contributed by atoms with Gasteiger partial charge >= 0.3 is 0 Å². The molecule has 0 unspecified atom stereocenters. The SMILES string of the molecule is COc1ccc(CN2C(=O)C(O)=C(c3ccc(Cl)cc3)[C@H]2c2ccc(Cl)cc2)cc1. The molecule has 30 heavy (non-hydrogen) atoms. The molecule has 1 aliphatic heterocycles. The molecule has 3 aromatic rings. The molecular formula is C24H19Cl2NO3. The van der Waals surface area contributed by atoms with Crippen LogP contribution in [0.3, 0.4) is 0 Å². The molecule has 152 valence electrons. The zero-order chi connectivity index (χ0) is 21.3. The summed E-state index contributed by atoms with van der Waals surface area (Å²) < 4.78 is 5.21. The number of carbonyl (C=O) groups excluding carboxylic acids is 1. The number of ether oxygens (including phenoxy) is 1. The van der Waals surface area contributed by atoms with Crippen LogP contribution in [0, 0.1) is 0 Å². The topological polar surface area (TPSA) is 49.8 Å². The molecule has 0 saturated heterocycles. The quantitative estimate of drug-likeness (QED) is 0.525. The van der Waals surface area contributed by atoms with Gasteiger partial charge in [0.25, 0.3) is 5.91 Å². The third-order valence-electron chi connectivity index (χ3n) is 5.16. The fourth-order valence-corrected chi connectivity index (χ4v) is 3.91. The van der Waals surface area contributed by atoms with Gasteiger partial charge in [-0.05, 0) is 53.1 Å². The number of hydrogen-bond acceptors (Lipinski definition) is 3. The van der Waals surface area contributed by atoms with Gasteiger partial charge in [0.15, 0.2) is 5.76 Å². The van der Waals surface area contributed by atoms with Gasteiger partial charge in [0.2, 0.25) is 0 Å². The molecule has 1 heterocycles. The van der Waals surface area contributed by atoms with E-state index in [4.69, 9.17) is 27.9 Å². The summed E-state index contributed by atoms with van der Waals surface area (Å²) in [4.78, 5) is 14.7. The highest BCUT2D eigenvalue weighted by Crippen LogP contribution is 2.44. The summed E-state index contributed by atoms with van der Waals surface area (Å²) >= 11 is 12.1. The Bertz CT molecular complexity index is 1090. The molecule has 0 aromatic heterocycles. The van der Waals surface area contributed by atoms with E-state index < -0.39 is 11.9 Å². The largest absolute Gasteiger partial charge is 0.503 e. The lowest BCUT2D eigenvalue weighted by molar-refractivity contribution is -0.130. The number of nitrogens with zero attached hydrogens (tertiary/aromatic N) is 1. The Morgan fingerprint density at radius 3 is 2.03 bits per heavy atom. The first-order valence-electron chi connectivity index (χ1n) is 9.36. The number of carbonyl (C=O) groups is 1. The second kappa shape index (κ2) is 8.42. The van der Waals surface area contributed by atoms with Crippen molar-refractivity contribution in [3.8, 4) is 5.75 Å². The fourth-order valence-electron chi connectivity index (χ4n) is 3.66. The van der Waals surface area contributed by atoms with Crippen molar-refractivity contribution in [1.29, 1.82) is 0 Å². The molecule has 0 fully saturated rings. The van der Waals surface area contributed by atoms with Gasteiger partial charge < -0.3 is 14.7 Å². The molecule has 1 N–H and O–H groups in total. The van der Waals surface area contributed by atoms with Gasteiger partial charge in [-0.1, -0.05) is 59.6 Å². The summed E-state index contributed by atoms with van der Waals surface area (Å²) in [7, 11) is 1.61. The predicted molar refractivity (Wildman–Crippen MR) is 119 cm³/mol. The lowest BCUT2D eigenvalue weighted by atomic mass is 9.93. The minimum Gasteiger partial charge on any atom is -0.503 e. The van der Waals surface area contributed by atoms with Gasteiger partial charge in [0, 0.05) is 22.2 Å². The molecule has 1 atom stereocenters. The van der Waals surface area contributed by atoms with E-state index in [0.717, 1.165) is 22.4 Å². The van der Waals surface area contributed by atoms with Crippen LogP contribution in [-0.4, -0.2) is 23.0 Å². The molecule has 0 radical (unpaired) electrons. The van der Waals surface area contributed by atoms with Crippen LogP contribution in [0.25, 0.3) is 5.57 Å². The van der Waals surface area contributed by atoms with Crippen molar-refractivity contribution in [2.24, 2.45) is 0 Å². The Morgan fingerprint density at radius 2 is 1.47 bits per heavy atom. The smallest absolute Gasteiger partial charge is 0.290 e. The maximum Gasteiger partial charge on any atom is 0.290 e. The summed E-state index contributed by atoms with van der Waals surface area (Å²) in [5, 5.41) is 12.0. The summed E-state index contributed by atoms with van der Waals surface area (Å²) in [5.74, 6) is 0.0603. The van der Waals surface area contributed by atoms with Crippen molar-refractivity contribution in [3.05, 3.63) is 105 Å². The van der Waals surface area contributed by atoms with Crippen LogP contribution < -0.4 is 4.74 Å². The van der Waals surface area contributed by atoms with E-state index in [0.29, 0.717) is 22.2 Å². The Hall–Kier alpha value is -2.95. The van der Waals surface area contributed by atoms with Crippen LogP contribution in [0.5, 0.6) is 5.75 Å². The highest BCUT2D eigenvalue weighted by Gasteiger charge is 2.40. The van der Waals surface area contributed by atoms with E-state index in [-0.39, 0.29) is 5.76 Å². The molecule has 4 nitrogen and oxygen atoms in total. The fraction of sp³-hybridized carbons (Fsp3) is 0.125. The van der Waals surface area contributed by atoms with Gasteiger partial charge in [-0.25, -0.2) is 0 Å². The molecule has 6 heteroatoms. The van der Waals surface area contributed by atoms with Crippen molar-refractivity contribution in [2.75, 3.05) is 7.11 Å². The average molecular weight is 440 g/mol. The molecule has 0 spiro atoms. The van der Waals surface area contributed by atoms with Gasteiger partial charge in [0.1, 0.15) is 5.75 Å². The molecule has 1 aliphatic rings. The first-order valence-corrected chi connectivity index (χ1v) is 10.1. The first-order chi connectivity index (χ1) is 14.5. The Morgan fingerprint density at radius 1 is 0.900 bits per heavy atom. The van der Waals surface area contributed by atoms with E-state index in [2.05, 4.69) is 0 Å². The van der Waals surface area contributed by atoms with E-state index >= 15 is 0 Å². The predicted octanol–water partition coefficient (Wildman–Crippen LogP) is 6.05. The molecule has 1 amide bonds. The first kappa shape index (κ1) is 20.3. The average Bonchev–Trinajstić information content (AvgIpc) is 3.00. The normalized spacial score (nSPS) is 16.3. The minimum atomic E-state index is -0.460. The Labute approximate surface area is 184 Å². The van der Waals surface area contributed by atoms with Crippen LogP contribution in [0.4, 0.5) is 0 Å². The van der Waals surface area contributed by atoms with Crippen LogP contribution in [0.15, 0.2) is 78.6 Å². The van der Waals surface area contributed by atoms with Crippen molar-refractivity contribution < 1.29 is 14.6 Å². The number of methoxy groups -OCH3 is 1. The van der Waals surface area contributed by atoms with Gasteiger partial charge in [0.05, 0.1) is 13.2 Å². The highest BCUT2D eigenvalue weighted by atomic mass is 35.5. The van der Waals surface area contributed by atoms with E-state index in [1.807, 2.05) is 36.4 Å². The summed E-state index contributed by atoms with van der Waals surface area (Å²) in [6, 6.07) is 21.4. The third-order valence-corrected chi connectivity index (χ3v) is 5.66. The van der Waals surface area contributed by atoms with Crippen molar-refractivity contribution >= 4 is 34.7 Å². The van der Waals surface area contributed by atoms with E-state index in [1.54, 1.807) is 48.4 Å². The standard InChI is InChI=1S/C24H19Cl2NO3/c1-30-20-12-2-15(3-13-20)14-27-22(17-6-10-19(26)11-7-17)21(23(28)24(27)29)16-4-8-18(25)9-5-16/h2-13,22,28H,14H2,1H3/t22-/m1/s1. The number of benzene rings is 3. The Balaban J connectivity index is 1.77. The summed E-state index contributed by atoms with van der Waals surface area (Å²) in [5.41, 5.74) is 3.07. The van der Waals surface area contributed by atoms with E-state index in [1.165, 1.54) is 0 Å². The lowest BCUT2D eigenvalue weighted by Gasteiger charge is -2.27. The lowest BCUT2D eigenvalue weighted by Crippen LogP contribution is -2.29. The number of aliphatic hydroxyl groups is 1. The van der Waals surface area contributed by atoms with Gasteiger partial charge in [-0.3, -0.25) is 4.79 Å². The second-order valence-electron chi connectivity index (χ2n) is 7.00. The molecule has 0 saturated carbocycles. The third kappa shape index (κ3) is 3.89. The minimum absolute atomic E-state index is 0.259. The zero-order valence-electron chi connectivity index (χ0n) is 16.2. The number of amides is 1. The molecule has 3 aromatic carbocycles. The number of hydrogen-bond donors (Lipinski definition) is 1. The van der Waals surface area contributed by atoms with Crippen LogP contribution in [0.1, 0.15) is 22.7 Å². The Kier molecular flexibility index (Phi) is 5.71. The van der Waals surface area contributed by atoms with Crippen LogP contribution in [-0.2, 0) is 11.3 Å². The van der Waals surface area contributed by atoms with Crippen molar-refractivity contribution in [3.63, 3.8) is 0 Å². The second-order valence-corrected chi connectivity index (χ2v) is 7.88. The van der Waals surface area contributed by atoms with Crippen LogP contribution in [0.2, 0.25) is 10.0 Å². The number of rotatable bonds is 5. The molecule has 0 aliphatic carbocycles. The van der Waals surface area contributed by atoms with Gasteiger partial charge in [-0.2, -0.15) is 0 Å². The summed E-state index contributed by atoms with van der Waals surface area (Å²) in [6.07, 6.45) is 0. The van der Waals surface area contributed by atoms with Gasteiger partial charge in [-0.15, -0.1) is 0 Å².